The highest BCUT2D eigenvalue weighted by Crippen LogP contribution is 2.27. The van der Waals surface area contributed by atoms with E-state index in [2.05, 4.69) is 4.90 Å². The zero-order valence-corrected chi connectivity index (χ0v) is 10.7. The molecule has 0 radical (unpaired) electrons. The molecule has 1 saturated heterocycles. The first kappa shape index (κ1) is 12.7. The summed E-state index contributed by atoms with van der Waals surface area (Å²) in [5.74, 6) is -0.274. The van der Waals surface area contributed by atoms with E-state index in [1.165, 1.54) is 6.07 Å². The molecule has 1 aromatic carbocycles. The first-order valence-corrected chi connectivity index (χ1v) is 6.05. The molecule has 5 heteroatoms. The third-order valence-electron chi connectivity index (χ3n) is 3.50. The van der Waals surface area contributed by atoms with Crippen LogP contribution in [0.1, 0.15) is 12.5 Å². The highest BCUT2D eigenvalue weighted by molar-refractivity contribution is 5.74. The number of nitrogens with two attached hydrogens (primary N) is 1. The molecule has 0 unspecified atom stereocenters. The van der Waals surface area contributed by atoms with Crippen molar-refractivity contribution < 1.29 is 9.18 Å². The fourth-order valence-corrected chi connectivity index (χ4v) is 2.29. The number of rotatable bonds is 1. The summed E-state index contributed by atoms with van der Waals surface area (Å²) in [6.07, 6.45) is 0. The van der Waals surface area contributed by atoms with E-state index in [0.717, 1.165) is 24.3 Å². The molecule has 0 spiro atoms. The fourth-order valence-electron chi connectivity index (χ4n) is 2.29. The van der Waals surface area contributed by atoms with Crippen LogP contribution in [-0.2, 0) is 4.79 Å². The van der Waals surface area contributed by atoms with E-state index in [1.807, 2.05) is 11.8 Å². The number of carbonyl (C=O) groups is 1. The summed E-state index contributed by atoms with van der Waals surface area (Å²) in [6, 6.07) is 3.15. The summed E-state index contributed by atoms with van der Waals surface area (Å²) < 4.78 is 13.3. The number of nitrogens with zero attached hydrogens (tertiary/aromatic N) is 2. The second kappa shape index (κ2) is 4.84. The molecule has 1 heterocycles. The Hall–Kier alpha value is -1.78. The lowest BCUT2D eigenvalue weighted by Crippen LogP contribution is -2.48. The molecule has 2 N–H and O–H groups in total. The highest BCUT2D eigenvalue weighted by atomic mass is 19.1. The van der Waals surface area contributed by atoms with Crippen molar-refractivity contribution in [3.05, 3.63) is 23.5 Å². The standard InChI is InChI=1S/C13H18FN3O/c1-9-12(4-3-11(14)13(9)15)17-7-5-16(6-8-17)10(2)18/h3-4H,5-8,15H2,1-2H3. The van der Waals surface area contributed by atoms with Gasteiger partial charge in [0.2, 0.25) is 5.91 Å². The van der Waals surface area contributed by atoms with Crippen molar-refractivity contribution in [2.45, 2.75) is 13.8 Å². The third kappa shape index (κ3) is 2.25. The lowest BCUT2D eigenvalue weighted by Gasteiger charge is -2.36. The van der Waals surface area contributed by atoms with Crippen LogP contribution < -0.4 is 10.6 Å². The first-order chi connectivity index (χ1) is 8.50. The predicted octanol–water partition coefficient (Wildman–Crippen LogP) is 1.38. The Kier molecular flexibility index (Phi) is 3.41. The van der Waals surface area contributed by atoms with E-state index in [-0.39, 0.29) is 17.4 Å². The number of benzene rings is 1. The van der Waals surface area contributed by atoms with E-state index in [0.29, 0.717) is 13.1 Å². The molecule has 1 aromatic rings. The summed E-state index contributed by atoms with van der Waals surface area (Å²) in [5.41, 5.74) is 7.63. The van der Waals surface area contributed by atoms with Gasteiger partial charge in [-0.15, -0.1) is 0 Å². The average molecular weight is 251 g/mol. The van der Waals surface area contributed by atoms with E-state index in [4.69, 9.17) is 5.73 Å². The maximum atomic E-state index is 13.3. The molecule has 2 rings (SSSR count). The monoisotopic (exact) mass is 251 g/mol. The summed E-state index contributed by atoms with van der Waals surface area (Å²) >= 11 is 0. The molecule has 1 aliphatic heterocycles. The van der Waals surface area contributed by atoms with E-state index < -0.39 is 0 Å². The average Bonchev–Trinajstić information content (AvgIpc) is 2.36. The Bertz CT molecular complexity index is 468. The van der Waals surface area contributed by atoms with Gasteiger partial charge in [-0.05, 0) is 24.6 Å². The number of piperazine rings is 1. The smallest absolute Gasteiger partial charge is 0.219 e. The zero-order chi connectivity index (χ0) is 13.3. The molecule has 18 heavy (non-hydrogen) atoms. The van der Waals surface area contributed by atoms with E-state index in [9.17, 15) is 9.18 Å². The molecule has 98 valence electrons. The van der Waals surface area contributed by atoms with Gasteiger partial charge in [-0.1, -0.05) is 0 Å². The van der Waals surface area contributed by atoms with Crippen LogP contribution in [0.4, 0.5) is 15.8 Å². The molecule has 1 amide bonds. The van der Waals surface area contributed by atoms with Gasteiger partial charge in [-0.3, -0.25) is 4.79 Å². The van der Waals surface area contributed by atoms with Gasteiger partial charge in [-0.25, -0.2) is 4.39 Å². The summed E-state index contributed by atoms with van der Waals surface area (Å²) in [5, 5.41) is 0. The Morgan fingerprint density at radius 2 is 1.89 bits per heavy atom. The van der Waals surface area contributed by atoms with Crippen molar-refractivity contribution in [2.75, 3.05) is 36.8 Å². The van der Waals surface area contributed by atoms with Gasteiger partial charge in [0.25, 0.3) is 0 Å². The summed E-state index contributed by atoms with van der Waals surface area (Å²) in [7, 11) is 0. The number of hydrogen-bond acceptors (Lipinski definition) is 3. The van der Waals surface area contributed by atoms with Crippen LogP contribution in [0.15, 0.2) is 12.1 Å². The topological polar surface area (TPSA) is 49.6 Å². The Morgan fingerprint density at radius 1 is 1.28 bits per heavy atom. The van der Waals surface area contributed by atoms with Gasteiger partial charge >= 0.3 is 0 Å². The van der Waals surface area contributed by atoms with Crippen molar-refractivity contribution in [2.24, 2.45) is 0 Å². The second-order valence-corrected chi connectivity index (χ2v) is 4.60. The predicted molar refractivity (Wildman–Crippen MR) is 70.0 cm³/mol. The molecule has 1 fully saturated rings. The van der Waals surface area contributed by atoms with Crippen molar-refractivity contribution in [3.63, 3.8) is 0 Å². The van der Waals surface area contributed by atoms with Gasteiger partial charge in [0, 0.05) is 38.8 Å². The molecule has 0 bridgehead atoms. The van der Waals surface area contributed by atoms with Crippen LogP contribution >= 0.6 is 0 Å². The molecule has 0 aliphatic carbocycles. The minimum absolute atomic E-state index is 0.102. The molecule has 1 aliphatic rings. The number of amides is 1. The fraction of sp³-hybridized carbons (Fsp3) is 0.462. The van der Waals surface area contributed by atoms with Crippen LogP contribution in [0.2, 0.25) is 0 Å². The van der Waals surface area contributed by atoms with Gasteiger partial charge in [-0.2, -0.15) is 0 Å². The van der Waals surface area contributed by atoms with Gasteiger partial charge < -0.3 is 15.5 Å². The van der Waals surface area contributed by atoms with Crippen molar-refractivity contribution >= 4 is 17.3 Å². The molecule has 0 atom stereocenters. The van der Waals surface area contributed by atoms with Gasteiger partial charge in [0.15, 0.2) is 0 Å². The Labute approximate surface area is 106 Å². The van der Waals surface area contributed by atoms with Crippen LogP contribution in [0.25, 0.3) is 0 Å². The third-order valence-corrected chi connectivity index (χ3v) is 3.50. The Morgan fingerprint density at radius 3 is 2.44 bits per heavy atom. The number of carbonyl (C=O) groups excluding carboxylic acids is 1. The lowest BCUT2D eigenvalue weighted by atomic mass is 10.1. The van der Waals surface area contributed by atoms with Gasteiger partial charge in [0.05, 0.1) is 5.69 Å². The quantitative estimate of drug-likeness (QED) is 0.767. The van der Waals surface area contributed by atoms with E-state index >= 15 is 0 Å². The number of anilines is 2. The number of halogens is 1. The van der Waals surface area contributed by atoms with Crippen molar-refractivity contribution in [1.29, 1.82) is 0 Å². The van der Waals surface area contributed by atoms with Crippen LogP contribution in [0.3, 0.4) is 0 Å². The molecular weight excluding hydrogens is 233 g/mol. The van der Waals surface area contributed by atoms with Crippen LogP contribution in [0.5, 0.6) is 0 Å². The SMILES string of the molecule is CC(=O)N1CCN(c2ccc(F)c(N)c2C)CC1. The molecular formula is C13H18FN3O. The Balaban J connectivity index is 2.15. The van der Waals surface area contributed by atoms with Crippen LogP contribution in [0, 0.1) is 12.7 Å². The van der Waals surface area contributed by atoms with Crippen molar-refractivity contribution in [3.8, 4) is 0 Å². The van der Waals surface area contributed by atoms with Crippen LogP contribution in [-0.4, -0.2) is 37.0 Å². The molecule has 4 nitrogen and oxygen atoms in total. The second-order valence-electron chi connectivity index (χ2n) is 4.60. The minimum atomic E-state index is -0.376. The maximum absolute atomic E-state index is 13.3. The summed E-state index contributed by atoms with van der Waals surface area (Å²) in [4.78, 5) is 15.2. The molecule has 0 saturated carbocycles. The lowest BCUT2D eigenvalue weighted by molar-refractivity contribution is -0.129. The maximum Gasteiger partial charge on any atom is 0.219 e. The largest absolute Gasteiger partial charge is 0.396 e. The minimum Gasteiger partial charge on any atom is -0.396 e. The number of nitrogen functional groups attached to an aromatic ring is 1. The number of hydrogen-bond donors (Lipinski definition) is 1. The molecule has 0 aromatic heterocycles. The normalized spacial score (nSPS) is 15.9. The zero-order valence-electron chi connectivity index (χ0n) is 10.7. The van der Waals surface area contributed by atoms with Gasteiger partial charge in [0.1, 0.15) is 5.82 Å². The highest BCUT2D eigenvalue weighted by Gasteiger charge is 2.20. The van der Waals surface area contributed by atoms with Crippen molar-refractivity contribution in [1.82, 2.24) is 4.90 Å². The first-order valence-electron chi connectivity index (χ1n) is 6.05. The summed E-state index contributed by atoms with van der Waals surface area (Å²) in [6.45, 7) is 6.32. The van der Waals surface area contributed by atoms with E-state index in [1.54, 1.807) is 13.0 Å².